The molecule has 1 amide bonds. The van der Waals surface area contributed by atoms with Gasteiger partial charge in [0.1, 0.15) is 6.33 Å². The molecule has 1 atom stereocenters. The molecule has 0 aromatic carbocycles. The quantitative estimate of drug-likeness (QED) is 0.797. The van der Waals surface area contributed by atoms with E-state index in [1.165, 1.54) is 19.2 Å². The smallest absolute Gasteiger partial charge is 0.257 e. The van der Waals surface area contributed by atoms with E-state index >= 15 is 0 Å². The average Bonchev–Trinajstić information content (AvgIpc) is 3.31. The van der Waals surface area contributed by atoms with E-state index < -0.39 is 0 Å². The van der Waals surface area contributed by atoms with Crippen LogP contribution in [0.1, 0.15) is 23.2 Å². The first kappa shape index (κ1) is 14.4. The van der Waals surface area contributed by atoms with Gasteiger partial charge in [0.15, 0.2) is 0 Å². The van der Waals surface area contributed by atoms with Crippen LogP contribution in [0.4, 0.5) is 0 Å². The van der Waals surface area contributed by atoms with Crippen molar-refractivity contribution in [1.82, 2.24) is 19.8 Å². The number of aromatic nitrogens is 2. The van der Waals surface area contributed by atoms with Crippen LogP contribution in [0.2, 0.25) is 0 Å². The molecule has 21 heavy (non-hydrogen) atoms. The maximum absolute atomic E-state index is 12.4. The van der Waals surface area contributed by atoms with Gasteiger partial charge in [0.2, 0.25) is 0 Å². The Morgan fingerprint density at radius 3 is 2.86 bits per heavy atom. The van der Waals surface area contributed by atoms with Gasteiger partial charge in [-0.25, -0.2) is 9.97 Å². The zero-order valence-corrected chi connectivity index (χ0v) is 12.4. The Kier molecular flexibility index (Phi) is 4.45. The second kappa shape index (κ2) is 6.49. The number of carbonyl (C=O) groups excluding carboxylic acids is 1. The highest BCUT2D eigenvalue weighted by Gasteiger charge is 2.28. The maximum Gasteiger partial charge on any atom is 0.257 e. The molecule has 0 bridgehead atoms. The van der Waals surface area contributed by atoms with Crippen LogP contribution in [0.3, 0.4) is 0 Å². The van der Waals surface area contributed by atoms with Crippen LogP contribution >= 0.6 is 0 Å². The van der Waals surface area contributed by atoms with Crippen molar-refractivity contribution in [2.24, 2.45) is 5.92 Å². The van der Waals surface area contributed by atoms with Crippen LogP contribution in [0.5, 0.6) is 0 Å². The van der Waals surface area contributed by atoms with Crippen LogP contribution in [0.15, 0.2) is 18.7 Å². The summed E-state index contributed by atoms with van der Waals surface area (Å²) >= 11 is 0. The Morgan fingerprint density at radius 2 is 2.14 bits per heavy atom. The van der Waals surface area contributed by atoms with E-state index in [1.54, 1.807) is 12.4 Å². The zero-order valence-electron chi connectivity index (χ0n) is 12.4. The molecule has 0 spiro atoms. The number of hydrogen-bond donors (Lipinski definition) is 0. The van der Waals surface area contributed by atoms with Gasteiger partial charge in [0, 0.05) is 38.6 Å². The summed E-state index contributed by atoms with van der Waals surface area (Å²) in [6, 6.07) is 0. The van der Waals surface area contributed by atoms with E-state index in [2.05, 4.69) is 21.9 Å². The summed E-state index contributed by atoms with van der Waals surface area (Å²) in [6.07, 6.45) is 7.38. The number of morpholine rings is 1. The lowest BCUT2D eigenvalue weighted by atomic mass is 10.2. The van der Waals surface area contributed by atoms with Crippen molar-refractivity contribution >= 4 is 5.91 Å². The monoisotopic (exact) mass is 290 g/mol. The molecule has 1 aromatic rings. The molecule has 6 heteroatoms. The molecular weight excluding hydrogens is 268 g/mol. The summed E-state index contributed by atoms with van der Waals surface area (Å²) in [5, 5.41) is 0. The van der Waals surface area contributed by atoms with Crippen molar-refractivity contribution in [2.75, 3.05) is 39.8 Å². The molecule has 1 aliphatic heterocycles. The Bertz CT molecular complexity index is 478. The molecule has 0 unspecified atom stereocenters. The molecule has 1 saturated heterocycles. The molecule has 1 aliphatic carbocycles. The maximum atomic E-state index is 12.4. The van der Waals surface area contributed by atoms with Crippen LogP contribution < -0.4 is 0 Å². The lowest BCUT2D eigenvalue weighted by Gasteiger charge is -2.34. The van der Waals surface area contributed by atoms with Crippen molar-refractivity contribution in [2.45, 2.75) is 18.9 Å². The summed E-state index contributed by atoms with van der Waals surface area (Å²) < 4.78 is 5.80. The molecule has 6 nitrogen and oxygen atoms in total. The fourth-order valence-electron chi connectivity index (χ4n) is 2.77. The topological polar surface area (TPSA) is 58.6 Å². The Labute approximate surface area is 125 Å². The molecule has 2 fully saturated rings. The second-order valence-electron chi connectivity index (χ2n) is 6.04. The molecule has 114 valence electrons. The van der Waals surface area contributed by atoms with Gasteiger partial charge in [0.05, 0.1) is 18.3 Å². The number of likely N-dealkylation sites (N-methyl/N-ethyl adjacent to an activating group) is 1. The lowest BCUT2D eigenvalue weighted by molar-refractivity contribution is -0.0334. The number of amides is 1. The predicted octanol–water partition coefficient (Wildman–Crippen LogP) is 0.659. The van der Waals surface area contributed by atoms with E-state index in [-0.39, 0.29) is 12.0 Å². The van der Waals surface area contributed by atoms with E-state index in [9.17, 15) is 4.79 Å². The highest BCUT2D eigenvalue weighted by atomic mass is 16.5. The third-order valence-electron chi connectivity index (χ3n) is 4.02. The molecule has 0 N–H and O–H groups in total. The van der Waals surface area contributed by atoms with E-state index in [4.69, 9.17) is 4.74 Å². The lowest BCUT2D eigenvalue weighted by Crippen LogP contribution is -2.49. The van der Waals surface area contributed by atoms with Crippen LogP contribution in [-0.4, -0.2) is 71.6 Å². The average molecular weight is 290 g/mol. The van der Waals surface area contributed by atoms with Crippen LogP contribution in [0, 0.1) is 5.92 Å². The number of ether oxygens (including phenoxy) is 1. The predicted molar refractivity (Wildman–Crippen MR) is 77.9 cm³/mol. The molecule has 1 saturated carbocycles. The SMILES string of the molecule is CN(CC1CC1)C[C@H]1CN(C(=O)c2cncnc2)CCO1. The highest BCUT2D eigenvalue weighted by Crippen LogP contribution is 2.29. The van der Waals surface area contributed by atoms with Gasteiger partial charge in [-0.05, 0) is 25.8 Å². The van der Waals surface area contributed by atoms with Gasteiger partial charge in [-0.2, -0.15) is 0 Å². The van der Waals surface area contributed by atoms with Crippen LogP contribution in [0.25, 0.3) is 0 Å². The first-order valence-electron chi connectivity index (χ1n) is 7.57. The zero-order chi connectivity index (χ0) is 14.7. The van der Waals surface area contributed by atoms with E-state index in [1.807, 2.05) is 4.90 Å². The fraction of sp³-hybridized carbons (Fsp3) is 0.667. The van der Waals surface area contributed by atoms with Crippen molar-refractivity contribution in [3.05, 3.63) is 24.3 Å². The summed E-state index contributed by atoms with van der Waals surface area (Å²) in [6.45, 7) is 3.90. The third kappa shape index (κ3) is 3.98. The number of rotatable bonds is 5. The summed E-state index contributed by atoms with van der Waals surface area (Å²) in [5.74, 6) is 0.867. The summed E-state index contributed by atoms with van der Waals surface area (Å²) in [5.41, 5.74) is 0.546. The van der Waals surface area contributed by atoms with Gasteiger partial charge in [0.25, 0.3) is 5.91 Å². The minimum atomic E-state index is -0.00579. The van der Waals surface area contributed by atoms with E-state index in [0.29, 0.717) is 25.3 Å². The molecule has 2 heterocycles. The van der Waals surface area contributed by atoms with Gasteiger partial charge in [-0.1, -0.05) is 0 Å². The minimum Gasteiger partial charge on any atom is -0.373 e. The highest BCUT2D eigenvalue weighted by molar-refractivity contribution is 5.93. The van der Waals surface area contributed by atoms with Gasteiger partial charge in [-0.3, -0.25) is 4.79 Å². The molecule has 2 aliphatic rings. The normalized spacial score (nSPS) is 22.6. The van der Waals surface area contributed by atoms with Crippen molar-refractivity contribution < 1.29 is 9.53 Å². The van der Waals surface area contributed by atoms with Gasteiger partial charge in [-0.15, -0.1) is 0 Å². The second-order valence-corrected chi connectivity index (χ2v) is 6.04. The first-order chi connectivity index (χ1) is 10.2. The third-order valence-corrected chi connectivity index (χ3v) is 4.02. The Morgan fingerprint density at radius 1 is 1.38 bits per heavy atom. The fourth-order valence-corrected chi connectivity index (χ4v) is 2.77. The largest absolute Gasteiger partial charge is 0.373 e. The Balaban J connectivity index is 1.53. The van der Waals surface area contributed by atoms with Crippen molar-refractivity contribution in [3.8, 4) is 0 Å². The van der Waals surface area contributed by atoms with E-state index in [0.717, 1.165) is 19.0 Å². The number of carbonyl (C=O) groups is 1. The Hall–Kier alpha value is -1.53. The first-order valence-corrected chi connectivity index (χ1v) is 7.57. The van der Waals surface area contributed by atoms with Crippen LogP contribution in [-0.2, 0) is 4.74 Å². The standard InChI is InChI=1S/C15H22N4O2/c1-18(8-12-2-3-12)9-14-10-19(4-5-21-14)15(20)13-6-16-11-17-7-13/h6-7,11-12,14H,2-5,8-10H2,1H3/t14-/m0/s1. The van der Waals surface area contributed by atoms with Crippen molar-refractivity contribution in [1.29, 1.82) is 0 Å². The number of hydrogen-bond acceptors (Lipinski definition) is 5. The summed E-state index contributed by atoms with van der Waals surface area (Å²) in [7, 11) is 2.13. The molecular formula is C15H22N4O2. The number of nitrogens with zero attached hydrogens (tertiary/aromatic N) is 4. The molecule has 1 aromatic heterocycles. The molecule has 3 rings (SSSR count). The summed E-state index contributed by atoms with van der Waals surface area (Å²) in [4.78, 5) is 24.4. The molecule has 0 radical (unpaired) electrons. The van der Waals surface area contributed by atoms with Gasteiger partial charge >= 0.3 is 0 Å². The minimum absolute atomic E-state index is 0.00579. The van der Waals surface area contributed by atoms with Gasteiger partial charge < -0.3 is 14.5 Å². The van der Waals surface area contributed by atoms with Crippen molar-refractivity contribution in [3.63, 3.8) is 0 Å².